The van der Waals surface area contributed by atoms with E-state index in [1.165, 1.54) is 28.5 Å². The number of thiazole rings is 1. The number of methoxy groups -OCH3 is 1. The number of nitrogens with one attached hydrogen (secondary N) is 1. The lowest BCUT2D eigenvalue weighted by atomic mass is 10.0. The number of carbonyl (C=O) groups excluding carboxylic acids is 1. The summed E-state index contributed by atoms with van der Waals surface area (Å²) in [7, 11) is 1.64. The van der Waals surface area contributed by atoms with E-state index in [0.29, 0.717) is 11.5 Å². The monoisotopic (exact) mass is 355 g/mol. The normalized spacial score (nSPS) is 13.0. The Labute approximate surface area is 148 Å². The van der Waals surface area contributed by atoms with Gasteiger partial charge in [-0.1, -0.05) is 6.07 Å². The van der Waals surface area contributed by atoms with Crippen LogP contribution in [0.4, 0.5) is 0 Å². The highest BCUT2D eigenvalue weighted by Gasteiger charge is 2.17. The van der Waals surface area contributed by atoms with Crippen molar-refractivity contribution in [1.82, 2.24) is 14.7 Å². The predicted molar refractivity (Wildman–Crippen MR) is 95.5 cm³/mol. The molecule has 1 aliphatic rings. The molecule has 0 saturated heterocycles. The first-order chi connectivity index (χ1) is 12.2. The number of aryl methyl sites for hydroxylation is 2. The van der Waals surface area contributed by atoms with Gasteiger partial charge < -0.3 is 10.1 Å². The molecular formula is C18H17N3O3S. The van der Waals surface area contributed by atoms with E-state index in [1.54, 1.807) is 23.1 Å². The molecule has 0 saturated carbocycles. The van der Waals surface area contributed by atoms with Crippen molar-refractivity contribution in [3.8, 4) is 5.75 Å². The number of carbonyl (C=O) groups is 1. The maximum atomic E-state index is 12.6. The highest BCUT2D eigenvalue weighted by Crippen LogP contribution is 2.29. The van der Waals surface area contributed by atoms with E-state index in [1.807, 2.05) is 0 Å². The van der Waals surface area contributed by atoms with Crippen LogP contribution in [0.1, 0.15) is 33.6 Å². The number of ether oxygens (including phenoxy) is 1. The Morgan fingerprint density at radius 2 is 2.12 bits per heavy atom. The molecule has 2 aromatic heterocycles. The largest absolute Gasteiger partial charge is 0.496 e. The topological polar surface area (TPSA) is 72.7 Å². The Morgan fingerprint density at radius 1 is 1.32 bits per heavy atom. The van der Waals surface area contributed by atoms with Crippen molar-refractivity contribution in [2.24, 2.45) is 0 Å². The minimum absolute atomic E-state index is 0.288. The lowest BCUT2D eigenvalue weighted by Crippen LogP contribution is -2.27. The van der Waals surface area contributed by atoms with E-state index < -0.39 is 5.56 Å². The van der Waals surface area contributed by atoms with E-state index in [2.05, 4.69) is 22.4 Å². The quantitative estimate of drug-likeness (QED) is 0.779. The van der Waals surface area contributed by atoms with Crippen LogP contribution in [0.15, 0.2) is 34.6 Å². The van der Waals surface area contributed by atoms with Gasteiger partial charge >= 0.3 is 0 Å². The van der Waals surface area contributed by atoms with Gasteiger partial charge in [0.1, 0.15) is 11.4 Å². The minimum atomic E-state index is -0.414. The Bertz CT molecular complexity index is 1020. The number of fused-ring (bicyclic) bond motifs is 2. The summed E-state index contributed by atoms with van der Waals surface area (Å²) in [5.74, 6) is 0.476. The van der Waals surface area contributed by atoms with E-state index >= 15 is 0 Å². The Balaban J connectivity index is 1.60. The highest BCUT2D eigenvalue weighted by molar-refractivity contribution is 7.15. The average Bonchev–Trinajstić information content (AvgIpc) is 3.26. The highest BCUT2D eigenvalue weighted by atomic mass is 32.1. The summed E-state index contributed by atoms with van der Waals surface area (Å²) in [4.78, 5) is 28.7. The summed E-state index contributed by atoms with van der Waals surface area (Å²) in [6.07, 6.45) is 5.03. The molecule has 6 nitrogen and oxygen atoms in total. The van der Waals surface area contributed by atoms with Gasteiger partial charge in [-0.3, -0.25) is 14.0 Å². The molecular weight excluding hydrogens is 338 g/mol. The van der Waals surface area contributed by atoms with Crippen molar-refractivity contribution >= 4 is 22.2 Å². The van der Waals surface area contributed by atoms with Crippen molar-refractivity contribution in [2.45, 2.75) is 25.8 Å². The second-order valence-electron chi connectivity index (χ2n) is 6.00. The standard InChI is InChI=1S/C18H17N3O3S/c1-24-15-8-12-4-2-3-11(12)7-13(15)10-19-17(23)14-9-16(22)20-18-21(14)5-6-25-18/h5-9H,2-4,10H2,1H3,(H,19,23). The van der Waals surface area contributed by atoms with Crippen LogP contribution in [-0.2, 0) is 19.4 Å². The number of benzene rings is 1. The van der Waals surface area contributed by atoms with Crippen LogP contribution >= 0.6 is 11.3 Å². The first-order valence-electron chi connectivity index (χ1n) is 8.09. The smallest absolute Gasteiger partial charge is 0.274 e. The zero-order valence-corrected chi connectivity index (χ0v) is 14.6. The van der Waals surface area contributed by atoms with Gasteiger partial charge in [0.25, 0.3) is 11.5 Å². The number of hydrogen-bond donors (Lipinski definition) is 1. The van der Waals surface area contributed by atoms with Gasteiger partial charge in [0.05, 0.1) is 7.11 Å². The van der Waals surface area contributed by atoms with Crippen molar-refractivity contribution in [2.75, 3.05) is 7.11 Å². The van der Waals surface area contributed by atoms with Gasteiger partial charge in [0.2, 0.25) is 0 Å². The molecule has 2 heterocycles. The molecule has 3 aromatic rings. The van der Waals surface area contributed by atoms with Gasteiger partial charge in [0, 0.05) is 29.8 Å². The van der Waals surface area contributed by atoms with Gasteiger partial charge in [-0.05, 0) is 36.5 Å². The molecule has 4 rings (SSSR count). The summed E-state index contributed by atoms with van der Waals surface area (Å²) in [5, 5.41) is 4.68. The molecule has 1 amide bonds. The van der Waals surface area contributed by atoms with Gasteiger partial charge in [-0.25, -0.2) is 0 Å². The minimum Gasteiger partial charge on any atom is -0.496 e. The second-order valence-corrected chi connectivity index (χ2v) is 6.88. The third-order valence-corrected chi connectivity index (χ3v) is 5.24. The van der Waals surface area contributed by atoms with Crippen LogP contribution in [0.5, 0.6) is 5.75 Å². The molecule has 0 bridgehead atoms. The van der Waals surface area contributed by atoms with E-state index in [9.17, 15) is 9.59 Å². The fourth-order valence-corrected chi connectivity index (χ4v) is 3.99. The molecule has 0 aliphatic heterocycles. The van der Waals surface area contributed by atoms with Crippen molar-refractivity contribution in [3.63, 3.8) is 0 Å². The first-order valence-corrected chi connectivity index (χ1v) is 8.97. The van der Waals surface area contributed by atoms with E-state index in [4.69, 9.17) is 4.74 Å². The lowest BCUT2D eigenvalue weighted by molar-refractivity contribution is 0.0944. The SMILES string of the molecule is COc1cc2c(cc1CNC(=O)c1cc(=O)nc3sccn13)CCC2. The van der Waals surface area contributed by atoms with Crippen molar-refractivity contribution in [3.05, 3.63) is 62.5 Å². The molecule has 0 radical (unpaired) electrons. The molecule has 128 valence electrons. The van der Waals surface area contributed by atoms with E-state index in [0.717, 1.165) is 30.6 Å². The van der Waals surface area contributed by atoms with Crippen LogP contribution in [0, 0.1) is 0 Å². The maximum Gasteiger partial charge on any atom is 0.274 e. The van der Waals surface area contributed by atoms with Crippen LogP contribution < -0.4 is 15.6 Å². The van der Waals surface area contributed by atoms with Crippen LogP contribution in [-0.4, -0.2) is 22.4 Å². The molecule has 0 atom stereocenters. The number of aromatic nitrogens is 2. The van der Waals surface area contributed by atoms with E-state index in [-0.39, 0.29) is 11.6 Å². The Hall–Kier alpha value is -2.67. The molecule has 25 heavy (non-hydrogen) atoms. The molecule has 0 fully saturated rings. The second kappa shape index (κ2) is 6.33. The molecule has 0 spiro atoms. The Kier molecular flexibility index (Phi) is 4.01. The summed E-state index contributed by atoms with van der Waals surface area (Å²) in [6.45, 7) is 0.345. The summed E-state index contributed by atoms with van der Waals surface area (Å²) >= 11 is 1.32. The first kappa shape index (κ1) is 15.8. The molecule has 1 N–H and O–H groups in total. The molecule has 1 aromatic carbocycles. The van der Waals surface area contributed by atoms with Crippen molar-refractivity contribution in [1.29, 1.82) is 0 Å². The van der Waals surface area contributed by atoms with Crippen LogP contribution in [0.2, 0.25) is 0 Å². The van der Waals surface area contributed by atoms with Gasteiger partial charge in [0.15, 0.2) is 4.96 Å². The van der Waals surface area contributed by atoms with Crippen LogP contribution in [0.3, 0.4) is 0 Å². The fraction of sp³-hybridized carbons (Fsp3) is 0.278. The summed E-state index contributed by atoms with van der Waals surface area (Å²) < 4.78 is 7.10. The fourth-order valence-electron chi connectivity index (χ4n) is 3.27. The third-order valence-electron chi connectivity index (χ3n) is 4.48. The van der Waals surface area contributed by atoms with Gasteiger partial charge in [-0.2, -0.15) is 4.98 Å². The molecule has 1 aliphatic carbocycles. The number of amides is 1. The molecule has 7 heteroatoms. The number of rotatable bonds is 4. The summed E-state index contributed by atoms with van der Waals surface area (Å²) in [6, 6.07) is 5.44. The lowest BCUT2D eigenvalue weighted by Gasteiger charge is -2.13. The maximum absolute atomic E-state index is 12.6. The predicted octanol–water partition coefficient (Wildman–Crippen LogP) is 2.18. The number of hydrogen-bond acceptors (Lipinski definition) is 5. The Morgan fingerprint density at radius 3 is 2.92 bits per heavy atom. The number of nitrogens with zero attached hydrogens (tertiary/aromatic N) is 2. The van der Waals surface area contributed by atoms with Gasteiger partial charge in [-0.15, -0.1) is 11.3 Å². The van der Waals surface area contributed by atoms with Crippen molar-refractivity contribution < 1.29 is 9.53 Å². The zero-order valence-electron chi connectivity index (χ0n) is 13.7. The average molecular weight is 355 g/mol. The zero-order chi connectivity index (χ0) is 17.4. The third kappa shape index (κ3) is 2.91. The summed E-state index contributed by atoms with van der Waals surface area (Å²) in [5.41, 5.74) is 3.47. The molecule has 0 unspecified atom stereocenters. The van der Waals surface area contributed by atoms with Crippen LogP contribution in [0.25, 0.3) is 4.96 Å².